The van der Waals surface area contributed by atoms with Crippen molar-refractivity contribution in [2.24, 2.45) is 0 Å². The molecule has 2 unspecified atom stereocenters. The Bertz CT molecular complexity index is 387. The normalized spacial score (nSPS) is 14.0. The van der Waals surface area contributed by atoms with Gasteiger partial charge >= 0.3 is 51.4 Å². The molecule has 2 atom stereocenters. The molecule has 0 aliphatic carbocycles. The SMILES string of the molecule is CCCCC(O)CCCCCCCCCCCCCC(C)S(=O)(=O)[O-].[K+]. The standard InChI is InChI=1S/C20H42O4S.K/c1-3-4-17-20(21)18-15-13-11-9-7-5-6-8-10-12-14-16-19(2)25(22,23)24;/h19-21H,3-18H2,1-2H3,(H,22,23,24);/q;+1/p-1. The van der Waals surface area contributed by atoms with Gasteiger partial charge in [0, 0.05) is 5.25 Å². The van der Waals surface area contributed by atoms with Gasteiger partial charge in [-0.3, -0.25) is 0 Å². The van der Waals surface area contributed by atoms with E-state index in [1.165, 1.54) is 51.9 Å². The van der Waals surface area contributed by atoms with Crippen LogP contribution in [0.2, 0.25) is 0 Å². The van der Waals surface area contributed by atoms with Gasteiger partial charge in [-0.15, -0.1) is 0 Å². The second-order valence-electron chi connectivity index (χ2n) is 7.57. The summed E-state index contributed by atoms with van der Waals surface area (Å²) in [5.74, 6) is 0. The predicted octanol–water partition coefficient (Wildman–Crippen LogP) is 2.55. The molecule has 0 aliphatic heterocycles. The molecular formula is C20H41KO4S. The molecule has 0 heterocycles. The van der Waals surface area contributed by atoms with E-state index in [0.29, 0.717) is 6.42 Å². The van der Waals surface area contributed by atoms with Gasteiger partial charge in [0.25, 0.3) is 0 Å². The maximum absolute atomic E-state index is 10.8. The number of aliphatic hydroxyl groups excluding tert-OH is 1. The first kappa shape index (κ1) is 29.7. The molecule has 4 nitrogen and oxygen atoms in total. The molecule has 26 heavy (non-hydrogen) atoms. The molecule has 0 spiro atoms. The molecule has 0 saturated carbocycles. The first-order chi connectivity index (χ1) is 11.9. The van der Waals surface area contributed by atoms with E-state index in [9.17, 15) is 18.1 Å². The van der Waals surface area contributed by atoms with Gasteiger partial charge < -0.3 is 9.66 Å². The maximum Gasteiger partial charge on any atom is 1.00 e. The van der Waals surface area contributed by atoms with Crippen LogP contribution in [-0.2, 0) is 10.1 Å². The third-order valence-electron chi connectivity index (χ3n) is 5.03. The van der Waals surface area contributed by atoms with E-state index in [1.54, 1.807) is 0 Å². The minimum Gasteiger partial charge on any atom is -0.748 e. The first-order valence-corrected chi connectivity index (χ1v) is 12.0. The zero-order valence-electron chi connectivity index (χ0n) is 17.5. The molecule has 0 fully saturated rings. The zero-order valence-corrected chi connectivity index (χ0v) is 21.5. The molecule has 0 aliphatic rings. The monoisotopic (exact) mass is 416 g/mol. The fourth-order valence-corrected chi connectivity index (χ4v) is 3.59. The molecule has 1 N–H and O–H groups in total. The van der Waals surface area contributed by atoms with Gasteiger partial charge in [0.15, 0.2) is 0 Å². The number of unbranched alkanes of at least 4 members (excludes halogenated alkanes) is 11. The van der Waals surface area contributed by atoms with Crippen molar-refractivity contribution in [3.8, 4) is 0 Å². The van der Waals surface area contributed by atoms with Crippen molar-refractivity contribution in [3.05, 3.63) is 0 Å². The number of hydrogen-bond donors (Lipinski definition) is 1. The molecule has 0 saturated heterocycles. The molecule has 6 heteroatoms. The van der Waals surface area contributed by atoms with Crippen molar-refractivity contribution < 1.29 is 69.5 Å². The average Bonchev–Trinajstić information content (AvgIpc) is 2.55. The van der Waals surface area contributed by atoms with E-state index in [4.69, 9.17) is 0 Å². The van der Waals surface area contributed by atoms with E-state index in [2.05, 4.69) is 6.92 Å². The summed E-state index contributed by atoms with van der Waals surface area (Å²) in [4.78, 5) is 0. The summed E-state index contributed by atoms with van der Waals surface area (Å²) in [7, 11) is -4.09. The largest absolute Gasteiger partial charge is 1.00 e. The Labute approximate surface area is 205 Å². The molecule has 0 rings (SSSR count). The maximum atomic E-state index is 10.8. The van der Waals surface area contributed by atoms with Crippen LogP contribution in [0.1, 0.15) is 117 Å². The topological polar surface area (TPSA) is 77.4 Å². The molecule has 0 aromatic rings. The van der Waals surface area contributed by atoms with Crippen molar-refractivity contribution in [1.29, 1.82) is 0 Å². The van der Waals surface area contributed by atoms with Crippen molar-refractivity contribution in [3.63, 3.8) is 0 Å². The van der Waals surface area contributed by atoms with E-state index in [-0.39, 0.29) is 57.5 Å². The Kier molecular flexibility index (Phi) is 22.6. The van der Waals surface area contributed by atoms with Crippen molar-refractivity contribution in [2.75, 3.05) is 0 Å². The van der Waals surface area contributed by atoms with E-state index in [1.807, 2.05) is 0 Å². The van der Waals surface area contributed by atoms with Gasteiger partial charge in [0.1, 0.15) is 0 Å². The van der Waals surface area contributed by atoms with Gasteiger partial charge in [-0.05, 0) is 26.2 Å². The van der Waals surface area contributed by atoms with E-state index in [0.717, 1.165) is 51.4 Å². The summed E-state index contributed by atoms with van der Waals surface area (Å²) < 4.78 is 32.3. The molecule has 0 aromatic heterocycles. The van der Waals surface area contributed by atoms with Crippen LogP contribution in [0.3, 0.4) is 0 Å². The van der Waals surface area contributed by atoms with Gasteiger partial charge in [-0.1, -0.05) is 90.4 Å². The molecule has 0 aromatic carbocycles. The Balaban J connectivity index is 0. The average molecular weight is 417 g/mol. The fraction of sp³-hybridized carbons (Fsp3) is 1.00. The van der Waals surface area contributed by atoms with Crippen LogP contribution >= 0.6 is 0 Å². The smallest absolute Gasteiger partial charge is 0.748 e. The van der Waals surface area contributed by atoms with E-state index < -0.39 is 15.4 Å². The predicted molar refractivity (Wildman–Crippen MR) is 105 cm³/mol. The van der Waals surface area contributed by atoms with Crippen LogP contribution in [-0.4, -0.2) is 29.4 Å². The molecule has 0 radical (unpaired) electrons. The number of rotatable bonds is 18. The van der Waals surface area contributed by atoms with Gasteiger partial charge in [-0.25, -0.2) is 8.42 Å². The van der Waals surface area contributed by atoms with Crippen molar-refractivity contribution >= 4 is 10.1 Å². The van der Waals surface area contributed by atoms with Crippen LogP contribution in [0.15, 0.2) is 0 Å². The quantitative estimate of drug-likeness (QED) is 0.212. The molecular weight excluding hydrogens is 375 g/mol. The summed E-state index contributed by atoms with van der Waals surface area (Å²) >= 11 is 0. The van der Waals surface area contributed by atoms with Crippen LogP contribution in [0.25, 0.3) is 0 Å². The Morgan fingerprint density at radius 1 is 0.731 bits per heavy atom. The second-order valence-corrected chi connectivity index (χ2v) is 9.36. The summed E-state index contributed by atoms with van der Waals surface area (Å²) in [6.45, 7) is 3.67. The van der Waals surface area contributed by atoms with Crippen LogP contribution in [0.5, 0.6) is 0 Å². The third-order valence-corrected chi connectivity index (χ3v) is 6.25. The minimum atomic E-state index is -4.09. The molecule has 152 valence electrons. The van der Waals surface area contributed by atoms with Crippen LogP contribution < -0.4 is 51.4 Å². The second kappa shape index (κ2) is 19.8. The first-order valence-electron chi connectivity index (χ1n) is 10.5. The van der Waals surface area contributed by atoms with Crippen molar-refractivity contribution in [2.45, 2.75) is 128 Å². The molecule has 0 amide bonds. The Morgan fingerprint density at radius 3 is 1.46 bits per heavy atom. The van der Waals surface area contributed by atoms with Gasteiger partial charge in [0.05, 0.1) is 16.2 Å². The Hall–Kier alpha value is 1.51. The zero-order chi connectivity index (χ0) is 19.0. The Morgan fingerprint density at radius 2 is 1.08 bits per heavy atom. The summed E-state index contributed by atoms with van der Waals surface area (Å²) in [6, 6.07) is 0. The fourth-order valence-electron chi connectivity index (χ4n) is 3.13. The van der Waals surface area contributed by atoms with Gasteiger partial charge in [0.2, 0.25) is 0 Å². The minimum absolute atomic E-state index is 0. The van der Waals surface area contributed by atoms with Crippen LogP contribution in [0.4, 0.5) is 0 Å². The van der Waals surface area contributed by atoms with Crippen LogP contribution in [0, 0.1) is 0 Å². The van der Waals surface area contributed by atoms with Gasteiger partial charge in [-0.2, -0.15) is 0 Å². The third kappa shape index (κ3) is 20.2. The van der Waals surface area contributed by atoms with Crippen molar-refractivity contribution in [1.82, 2.24) is 0 Å². The van der Waals surface area contributed by atoms with E-state index >= 15 is 0 Å². The summed E-state index contributed by atoms with van der Waals surface area (Å²) in [6.07, 6.45) is 17.7. The summed E-state index contributed by atoms with van der Waals surface area (Å²) in [5.41, 5.74) is 0. The number of aliphatic hydroxyl groups is 1. The molecule has 0 bridgehead atoms. The number of hydrogen-bond acceptors (Lipinski definition) is 4. The summed E-state index contributed by atoms with van der Waals surface area (Å²) in [5, 5.41) is 9.03.